The zero-order valence-electron chi connectivity index (χ0n) is 12.5. The second-order valence-corrected chi connectivity index (χ2v) is 5.05. The van der Waals surface area contributed by atoms with Crippen LogP contribution in [0, 0.1) is 0 Å². The maximum atomic E-state index is 12.3. The van der Waals surface area contributed by atoms with Crippen LogP contribution in [0.4, 0.5) is 0 Å². The fraction of sp³-hybridized carbons (Fsp3) is 0.167. The molecular weight excluding hydrogens is 278 g/mol. The summed E-state index contributed by atoms with van der Waals surface area (Å²) in [5.41, 5.74) is 2.35. The smallest absolute Gasteiger partial charge is 0.339 e. The number of benzene rings is 2. The molecule has 0 fully saturated rings. The van der Waals surface area contributed by atoms with Crippen LogP contribution >= 0.6 is 0 Å². The third-order valence-electron chi connectivity index (χ3n) is 3.67. The minimum atomic E-state index is -0.378. The fourth-order valence-electron chi connectivity index (χ4n) is 2.68. The van der Waals surface area contributed by atoms with Gasteiger partial charge in [0.25, 0.3) is 0 Å². The number of carbonyl (C=O) groups excluding carboxylic acids is 1. The van der Waals surface area contributed by atoms with Crippen LogP contribution in [0.2, 0.25) is 0 Å². The first-order valence-electron chi connectivity index (χ1n) is 7.06. The summed E-state index contributed by atoms with van der Waals surface area (Å²) in [4.78, 5) is 18.2. The lowest BCUT2D eigenvalue weighted by Gasteiger charge is -2.19. The highest BCUT2D eigenvalue weighted by Gasteiger charge is 2.39. The molecule has 1 heterocycles. The number of hydrogen-bond acceptors (Lipinski definition) is 4. The topological polar surface area (TPSA) is 38.8 Å². The molecule has 0 bridgehead atoms. The molecule has 0 unspecified atom stereocenters. The molecule has 0 spiro atoms. The summed E-state index contributed by atoms with van der Waals surface area (Å²) in [5.74, 6) is 0.167. The van der Waals surface area contributed by atoms with E-state index in [-0.39, 0.29) is 12.0 Å². The molecule has 0 saturated heterocycles. The number of likely N-dealkylation sites (N-methyl/N-ethyl adjacent to an activating group) is 1. The van der Waals surface area contributed by atoms with Gasteiger partial charge in [0, 0.05) is 12.6 Å². The van der Waals surface area contributed by atoms with Gasteiger partial charge in [0.1, 0.15) is 11.6 Å². The van der Waals surface area contributed by atoms with Gasteiger partial charge in [0.05, 0.1) is 7.11 Å². The third kappa shape index (κ3) is 2.49. The molecule has 0 amide bonds. The molecule has 2 aromatic carbocycles. The maximum Gasteiger partial charge on any atom is 0.339 e. The highest BCUT2D eigenvalue weighted by Crippen LogP contribution is 2.41. The van der Waals surface area contributed by atoms with Crippen LogP contribution in [0.3, 0.4) is 0 Å². The highest BCUT2D eigenvalue weighted by molar-refractivity contribution is 5.98. The Hall–Kier alpha value is -2.59. The first kappa shape index (κ1) is 14.4. The standard InChI is InChI=1S/C18H17NO3/c1-19-16(13-9-5-3-6-10-13)15(18(20)21-2)17(22-19)14-11-7-4-8-12-14/h3-12,16H,1-2H3/t16-/m1/s1. The highest BCUT2D eigenvalue weighted by atomic mass is 16.7. The van der Waals surface area contributed by atoms with Crippen LogP contribution in [-0.2, 0) is 14.4 Å². The summed E-state index contributed by atoms with van der Waals surface area (Å²) in [5, 5.41) is 1.68. The molecule has 4 heteroatoms. The van der Waals surface area contributed by atoms with Gasteiger partial charge in [0.15, 0.2) is 5.76 Å². The molecule has 0 aromatic heterocycles. The van der Waals surface area contributed by atoms with E-state index in [1.165, 1.54) is 7.11 Å². The molecule has 0 N–H and O–H groups in total. The van der Waals surface area contributed by atoms with Crippen LogP contribution in [0.1, 0.15) is 17.2 Å². The molecule has 0 aliphatic carbocycles. The minimum absolute atomic E-state index is 0.288. The van der Waals surface area contributed by atoms with E-state index in [0.29, 0.717) is 11.3 Å². The van der Waals surface area contributed by atoms with Crippen LogP contribution in [0.5, 0.6) is 0 Å². The van der Waals surface area contributed by atoms with Gasteiger partial charge < -0.3 is 9.57 Å². The lowest BCUT2D eigenvalue weighted by Crippen LogP contribution is -2.22. The Kier molecular flexibility index (Phi) is 3.94. The van der Waals surface area contributed by atoms with Crippen molar-refractivity contribution in [2.24, 2.45) is 0 Å². The van der Waals surface area contributed by atoms with E-state index >= 15 is 0 Å². The average molecular weight is 295 g/mol. The zero-order chi connectivity index (χ0) is 15.5. The van der Waals surface area contributed by atoms with E-state index in [2.05, 4.69) is 0 Å². The molecule has 1 aliphatic rings. The Balaban J connectivity index is 2.14. The Morgan fingerprint density at radius 2 is 1.64 bits per heavy atom. The van der Waals surface area contributed by atoms with Crippen molar-refractivity contribution in [3.05, 3.63) is 77.4 Å². The summed E-state index contributed by atoms with van der Waals surface area (Å²) in [7, 11) is 3.20. The van der Waals surface area contributed by atoms with Gasteiger partial charge in [-0.15, -0.1) is 5.06 Å². The summed E-state index contributed by atoms with van der Waals surface area (Å²) < 4.78 is 4.98. The number of nitrogens with zero attached hydrogens (tertiary/aromatic N) is 1. The van der Waals surface area contributed by atoms with Crippen LogP contribution in [0.15, 0.2) is 66.2 Å². The fourth-order valence-corrected chi connectivity index (χ4v) is 2.68. The molecule has 1 atom stereocenters. The number of hydroxylamine groups is 2. The van der Waals surface area contributed by atoms with Gasteiger partial charge in [-0.2, -0.15) is 0 Å². The first-order chi connectivity index (χ1) is 10.7. The molecule has 0 radical (unpaired) electrons. The second-order valence-electron chi connectivity index (χ2n) is 5.05. The largest absolute Gasteiger partial charge is 0.465 e. The Bertz CT molecular complexity index is 695. The number of carbonyl (C=O) groups is 1. The SMILES string of the molecule is COC(=O)C1=C(c2ccccc2)ON(C)[C@@H]1c1ccccc1. The molecule has 4 nitrogen and oxygen atoms in total. The Labute approximate surface area is 129 Å². The van der Waals surface area contributed by atoms with Crippen molar-refractivity contribution in [3.8, 4) is 0 Å². The van der Waals surface area contributed by atoms with E-state index in [0.717, 1.165) is 11.1 Å². The van der Waals surface area contributed by atoms with Crippen LogP contribution < -0.4 is 0 Å². The summed E-state index contributed by atoms with van der Waals surface area (Å²) >= 11 is 0. The van der Waals surface area contributed by atoms with E-state index in [9.17, 15) is 4.79 Å². The normalized spacial score (nSPS) is 18.2. The molecular formula is C18H17NO3. The number of hydrogen-bond donors (Lipinski definition) is 0. The number of rotatable bonds is 3. The lowest BCUT2D eigenvalue weighted by molar-refractivity contribution is -0.137. The maximum absolute atomic E-state index is 12.3. The Morgan fingerprint density at radius 1 is 1.05 bits per heavy atom. The van der Waals surface area contributed by atoms with Crippen molar-refractivity contribution in [2.75, 3.05) is 14.2 Å². The van der Waals surface area contributed by atoms with Gasteiger partial charge in [-0.25, -0.2) is 4.79 Å². The van der Waals surface area contributed by atoms with Crippen molar-refractivity contribution >= 4 is 11.7 Å². The van der Waals surface area contributed by atoms with Crippen LogP contribution in [0.25, 0.3) is 5.76 Å². The Morgan fingerprint density at radius 3 is 2.23 bits per heavy atom. The van der Waals surface area contributed by atoms with Gasteiger partial charge in [-0.3, -0.25) is 0 Å². The van der Waals surface area contributed by atoms with E-state index in [1.54, 1.807) is 5.06 Å². The van der Waals surface area contributed by atoms with Crippen molar-refractivity contribution in [1.29, 1.82) is 0 Å². The minimum Gasteiger partial charge on any atom is -0.465 e. The summed E-state index contributed by atoms with van der Waals surface area (Å²) in [6, 6.07) is 19.1. The molecule has 0 saturated carbocycles. The number of ether oxygens (including phenoxy) is 1. The first-order valence-corrected chi connectivity index (χ1v) is 7.06. The van der Waals surface area contributed by atoms with Gasteiger partial charge in [-0.05, 0) is 5.56 Å². The van der Waals surface area contributed by atoms with Crippen molar-refractivity contribution < 1.29 is 14.4 Å². The van der Waals surface area contributed by atoms with E-state index in [1.807, 2.05) is 67.7 Å². The predicted octanol–water partition coefficient (Wildman–Crippen LogP) is 3.19. The van der Waals surface area contributed by atoms with Gasteiger partial charge in [-0.1, -0.05) is 60.7 Å². The number of esters is 1. The molecule has 112 valence electrons. The average Bonchev–Trinajstić information content (AvgIpc) is 2.93. The van der Waals surface area contributed by atoms with Crippen molar-refractivity contribution in [2.45, 2.75) is 6.04 Å². The third-order valence-corrected chi connectivity index (χ3v) is 3.67. The quantitative estimate of drug-likeness (QED) is 0.815. The number of methoxy groups -OCH3 is 1. The van der Waals surface area contributed by atoms with E-state index in [4.69, 9.17) is 9.57 Å². The zero-order valence-corrected chi connectivity index (χ0v) is 12.5. The summed E-state index contributed by atoms with van der Waals surface area (Å²) in [6.45, 7) is 0. The second kappa shape index (κ2) is 6.03. The van der Waals surface area contributed by atoms with Crippen molar-refractivity contribution in [1.82, 2.24) is 5.06 Å². The molecule has 1 aliphatic heterocycles. The lowest BCUT2D eigenvalue weighted by atomic mass is 9.96. The predicted molar refractivity (Wildman–Crippen MR) is 83.4 cm³/mol. The molecule has 3 rings (SSSR count). The molecule has 2 aromatic rings. The van der Waals surface area contributed by atoms with Gasteiger partial charge >= 0.3 is 5.97 Å². The van der Waals surface area contributed by atoms with Crippen molar-refractivity contribution in [3.63, 3.8) is 0 Å². The van der Waals surface area contributed by atoms with E-state index < -0.39 is 0 Å². The van der Waals surface area contributed by atoms with Crippen LogP contribution in [-0.4, -0.2) is 25.2 Å². The molecule has 22 heavy (non-hydrogen) atoms. The summed E-state index contributed by atoms with van der Waals surface area (Å²) in [6.07, 6.45) is 0. The monoisotopic (exact) mass is 295 g/mol. The van der Waals surface area contributed by atoms with Gasteiger partial charge in [0.2, 0.25) is 0 Å².